The Labute approximate surface area is 273 Å². The number of ether oxygens (including phenoxy) is 2. The normalized spacial score (nSPS) is 17.8. The highest BCUT2D eigenvalue weighted by molar-refractivity contribution is 5.80. The number of imidazole rings is 1. The zero-order valence-corrected chi connectivity index (χ0v) is 28.9. The van der Waals surface area contributed by atoms with Gasteiger partial charge in [-0.15, -0.1) is 0 Å². The van der Waals surface area contributed by atoms with E-state index in [1.54, 1.807) is 0 Å². The number of piperidine rings is 1. The van der Waals surface area contributed by atoms with Crippen LogP contribution in [-0.4, -0.2) is 55.9 Å². The van der Waals surface area contributed by atoms with E-state index in [0.717, 1.165) is 90.0 Å². The summed E-state index contributed by atoms with van der Waals surface area (Å²) in [5.41, 5.74) is 7.07. The second-order valence-corrected chi connectivity index (χ2v) is 14.7. The number of methoxy groups -OCH3 is 1. The van der Waals surface area contributed by atoms with Crippen LogP contribution in [0.5, 0.6) is 0 Å². The van der Waals surface area contributed by atoms with Gasteiger partial charge >= 0.3 is 5.97 Å². The second kappa shape index (κ2) is 12.5. The highest BCUT2D eigenvalue weighted by atomic mass is 16.6. The third-order valence-electron chi connectivity index (χ3n) is 9.97. The Hall–Kier alpha value is -3.72. The summed E-state index contributed by atoms with van der Waals surface area (Å²) in [7, 11) is 1.42. The summed E-state index contributed by atoms with van der Waals surface area (Å²) >= 11 is 0. The first kappa shape index (κ1) is 32.2. The third-order valence-corrected chi connectivity index (χ3v) is 9.97. The van der Waals surface area contributed by atoms with E-state index in [1.807, 2.05) is 32.2 Å². The number of hydrogen-bond donors (Lipinski definition) is 0. The molecule has 0 aliphatic carbocycles. The molecule has 9 heteroatoms. The Morgan fingerprint density at radius 1 is 0.957 bits per heavy atom. The van der Waals surface area contributed by atoms with E-state index in [1.165, 1.54) is 38.5 Å². The van der Waals surface area contributed by atoms with Crippen molar-refractivity contribution in [1.29, 1.82) is 0 Å². The van der Waals surface area contributed by atoms with Crippen LogP contribution in [0.25, 0.3) is 22.6 Å². The SMILES string of the molecule is COC(=O)C(OC(C)(C)C)c1c(C)nc2cc3nn2c1N1CCC(C)(CCCCCCc2nc(C)c(C)n2-c2cccc-3c2)CC1. The molecule has 4 aromatic rings. The van der Waals surface area contributed by atoms with Crippen molar-refractivity contribution < 1.29 is 14.3 Å². The first-order valence-electron chi connectivity index (χ1n) is 16.9. The molecule has 3 aliphatic heterocycles. The second-order valence-electron chi connectivity index (χ2n) is 14.7. The van der Waals surface area contributed by atoms with Crippen LogP contribution in [0.2, 0.25) is 0 Å². The Bertz CT molecular complexity index is 1740. The first-order chi connectivity index (χ1) is 21.9. The number of aryl methyl sites for hydroxylation is 3. The quantitative estimate of drug-likeness (QED) is 0.216. The maximum Gasteiger partial charge on any atom is 0.339 e. The molecule has 7 rings (SSSR count). The molecular formula is C37H50N6O3. The molecular weight excluding hydrogens is 576 g/mol. The zero-order valence-electron chi connectivity index (χ0n) is 28.9. The Balaban J connectivity index is 1.56. The van der Waals surface area contributed by atoms with Crippen molar-refractivity contribution in [3.63, 3.8) is 0 Å². The molecule has 0 N–H and O–H groups in total. The summed E-state index contributed by atoms with van der Waals surface area (Å²) < 4.78 is 16.0. The fraction of sp³-hybridized carbons (Fsp3) is 0.568. The predicted molar refractivity (Wildman–Crippen MR) is 182 cm³/mol. The minimum atomic E-state index is -0.936. The zero-order chi connectivity index (χ0) is 32.8. The van der Waals surface area contributed by atoms with Crippen LogP contribution >= 0.6 is 0 Å². The molecule has 1 saturated heterocycles. The molecule has 0 amide bonds. The Morgan fingerprint density at radius 3 is 2.41 bits per heavy atom. The molecule has 6 heterocycles. The highest BCUT2D eigenvalue weighted by Crippen LogP contribution is 2.42. The Morgan fingerprint density at radius 2 is 1.70 bits per heavy atom. The van der Waals surface area contributed by atoms with E-state index >= 15 is 0 Å². The van der Waals surface area contributed by atoms with Gasteiger partial charge in [-0.3, -0.25) is 0 Å². The van der Waals surface area contributed by atoms with Gasteiger partial charge < -0.3 is 18.9 Å². The number of rotatable bonds is 3. The summed E-state index contributed by atoms with van der Waals surface area (Å²) in [4.78, 5) is 25.8. The van der Waals surface area contributed by atoms with Gasteiger partial charge in [0.2, 0.25) is 0 Å². The molecule has 1 atom stereocenters. The van der Waals surface area contributed by atoms with Gasteiger partial charge in [-0.1, -0.05) is 38.3 Å². The highest BCUT2D eigenvalue weighted by Gasteiger charge is 2.38. The van der Waals surface area contributed by atoms with E-state index in [2.05, 4.69) is 60.6 Å². The lowest BCUT2D eigenvalue weighted by atomic mass is 9.76. The van der Waals surface area contributed by atoms with E-state index in [9.17, 15) is 4.79 Å². The number of esters is 1. The summed E-state index contributed by atoms with van der Waals surface area (Å²) in [5, 5.41) is 5.21. The van der Waals surface area contributed by atoms with Crippen LogP contribution < -0.4 is 4.90 Å². The van der Waals surface area contributed by atoms with Gasteiger partial charge in [0.25, 0.3) is 0 Å². The standard InChI is InChI=1S/C37H50N6O3/c1-24-26(3)42-28-15-13-14-27(22-28)29-23-31-39-25(2)32(33(35(44)45-8)46-36(4,5)6)34(43(31)40-29)41-20-18-37(7,19-21-41)17-12-10-9-11-16-30(42)38-24/h13-15,22-23,33H,9-12,16-21H2,1-8H3. The number of nitrogens with zero attached hydrogens (tertiary/aromatic N) is 6. The number of benzene rings is 1. The molecule has 9 nitrogen and oxygen atoms in total. The number of hydrogen-bond acceptors (Lipinski definition) is 7. The molecule has 1 fully saturated rings. The van der Waals surface area contributed by atoms with Gasteiger partial charge in [0.05, 0.1) is 29.7 Å². The van der Waals surface area contributed by atoms with E-state index in [4.69, 9.17) is 24.5 Å². The maximum absolute atomic E-state index is 13.4. The molecule has 46 heavy (non-hydrogen) atoms. The molecule has 3 aromatic heterocycles. The summed E-state index contributed by atoms with van der Waals surface area (Å²) in [6, 6.07) is 10.6. The minimum Gasteiger partial charge on any atom is -0.467 e. The van der Waals surface area contributed by atoms with Gasteiger partial charge in [-0.05, 0) is 84.8 Å². The van der Waals surface area contributed by atoms with Crippen molar-refractivity contribution in [3.8, 4) is 16.9 Å². The fourth-order valence-corrected chi connectivity index (χ4v) is 7.24. The lowest BCUT2D eigenvalue weighted by Crippen LogP contribution is -2.41. The lowest BCUT2D eigenvalue weighted by molar-refractivity contribution is -0.164. The summed E-state index contributed by atoms with van der Waals surface area (Å²) in [6.45, 7) is 16.3. The van der Waals surface area contributed by atoms with Crippen molar-refractivity contribution in [1.82, 2.24) is 24.1 Å². The molecule has 0 radical (unpaired) electrons. The van der Waals surface area contributed by atoms with Crippen LogP contribution in [0.3, 0.4) is 0 Å². The van der Waals surface area contributed by atoms with Gasteiger partial charge in [0, 0.05) is 48.2 Å². The molecule has 1 aromatic carbocycles. The van der Waals surface area contributed by atoms with Crippen molar-refractivity contribution >= 4 is 17.4 Å². The summed E-state index contributed by atoms with van der Waals surface area (Å²) in [5.74, 6) is 1.55. The number of carbonyl (C=O) groups is 1. The smallest absolute Gasteiger partial charge is 0.339 e. The van der Waals surface area contributed by atoms with Crippen molar-refractivity contribution in [3.05, 3.63) is 58.8 Å². The first-order valence-corrected chi connectivity index (χ1v) is 16.9. The predicted octanol–water partition coefficient (Wildman–Crippen LogP) is 7.65. The van der Waals surface area contributed by atoms with E-state index in [-0.39, 0.29) is 5.41 Å². The van der Waals surface area contributed by atoms with Gasteiger partial charge in [-0.25, -0.2) is 14.8 Å². The van der Waals surface area contributed by atoms with Crippen LogP contribution in [0.4, 0.5) is 5.82 Å². The number of aromatic nitrogens is 5. The number of fused-ring (bicyclic) bond motifs is 7. The van der Waals surface area contributed by atoms with Crippen molar-refractivity contribution in [2.75, 3.05) is 25.1 Å². The third kappa shape index (κ3) is 6.31. The van der Waals surface area contributed by atoms with Crippen molar-refractivity contribution in [2.24, 2.45) is 5.41 Å². The molecule has 0 spiro atoms. The van der Waals surface area contributed by atoms with Crippen molar-refractivity contribution in [2.45, 2.75) is 112 Å². The lowest BCUT2D eigenvalue weighted by Gasteiger charge is -2.41. The molecule has 6 bridgehead atoms. The number of anilines is 1. The van der Waals surface area contributed by atoms with Gasteiger partial charge in [-0.2, -0.15) is 9.61 Å². The van der Waals surface area contributed by atoms with Gasteiger partial charge in [0.1, 0.15) is 11.6 Å². The molecule has 246 valence electrons. The van der Waals surface area contributed by atoms with Crippen LogP contribution in [0.1, 0.15) is 107 Å². The Kier molecular flexibility index (Phi) is 8.74. The average molecular weight is 627 g/mol. The fourth-order valence-electron chi connectivity index (χ4n) is 7.24. The van der Waals surface area contributed by atoms with Gasteiger partial charge in [0.15, 0.2) is 11.8 Å². The summed E-state index contributed by atoms with van der Waals surface area (Å²) in [6.07, 6.45) is 8.23. The topological polar surface area (TPSA) is 86.8 Å². The average Bonchev–Trinajstić information content (AvgIpc) is 3.56. The van der Waals surface area contributed by atoms with Crippen LogP contribution in [-0.2, 0) is 20.7 Å². The molecule has 1 unspecified atom stereocenters. The molecule has 0 saturated carbocycles. The van der Waals surface area contributed by atoms with Crippen LogP contribution in [0, 0.1) is 26.2 Å². The largest absolute Gasteiger partial charge is 0.467 e. The number of carbonyl (C=O) groups excluding carboxylic acids is 1. The van der Waals surface area contributed by atoms with E-state index < -0.39 is 17.7 Å². The van der Waals surface area contributed by atoms with E-state index in [0.29, 0.717) is 0 Å². The molecule has 3 aliphatic rings. The monoisotopic (exact) mass is 626 g/mol. The van der Waals surface area contributed by atoms with Crippen LogP contribution in [0.15, 0.2) is 30.3 Å². The minimum absolute atomic E-state index is 0.281. The maximum atomic E-state index is 13.4.